The SMILES string of the molecule is Cc1cc(C(=O)O[C@@H](C)C(=O)NC(C)(C)C)cc(S(N)(=O)=O)c1C. The number of rotatable bonds is 4. The molecule has 0 aliphatic rings. The lowest BCUT2D eigenvalue weighted by molar-refractivity contribution is -0.130. The van der Waals surface area contributed by atoms with Gasteiger partial charge in [0, 0.05) is 5.54 Å². The van der Waals surface area contributed by atoms with Crippen LogP contribution < -0.4 is 10.5 Å². The molecule has 0 unspecified atom stereocenters. The van der Waals surface area contributed by atoms with Gasteiger partial charge in [-0.05, 0) is 64.8 Å². The van der Waals surface area contributed by atoms with Gasteiger partial charge >= 0.3 is 5.97 Å². The van der Waals surface area contributed by atoms with Gasteiger partial charge in [-0.25, -0.2) is 18.4 Å². The summed E-state index contributed by atoms with van der Waals surface area (Å²) in [7, 11) is -3.97. The van der Waals surface area contributed by atoms with Crippen LogP contribution >= 0.6 is 0 Å². The first kappa shape index (κ1) is 20.1. The van der Waals surface area contributed by atoms with Crippen molar-refractivity contribution in [1.82, 2.24) is 5.32 Å². The van der Waals surface area contributed by atoms with Gasteiger partial charge in [-0.2, -0.15) is 0 Å². The molecule has 3 N–H and O–H groups in total. The Morgan fingerprint density at radius 3 is 2.21 bits per heavy atom. The summed E-state index contributed by atoms with van der Waals surface area (Å²) in [4.78, 5) is 24.1. The number of nitrogens with two attached hydrogens (primary N) is 1. The highest BCUT2D eigenvalue weighted by atomic mass is 32.2. The molecule has 0 bridgehead atoms. The van der Waals surface area contributed by atoms with Crippen LogP contribution in [0.15, 0.2) is 17.0 Å². The summed E-state index contributed by atoms with van der Waals surface area (Å²) in [6, 6.07) is 2.66. The van der Waals surface area contributed by atoms with Crippen LogP contribution in [0.4, 0.5) is 0 Å². The van der Waals surface area contributed by atoms with Gasteiger partial charge in [-0.3, -0.25) is 4.79 Å². The number of carbonyl (C=O) groups excluding carboxylic acids is 2. The van der Waals surface area contributed by atoms with Crippen molar-refractivity contribution in [3.05, 3.63) is 28.8 Å². The van der Waals surface area contributed by atoms with Crippen LogP contribution in [0.1, 0.15) is 49.2 Å². The second kappa shape index (κ2) is 6.90. The minimum atomic E-state index is -3.97. The van der Waals surface area contributed by atoms with Crippen molar-refractivity contribution in [2.24, 2.45) is 5.14 Å². The third-order valence-electron chi connectivity index (χ3n) is 3.31. The topological polar surface area (TPSA) is 116 Å². The number of hydrogen-bond acceptors (Lipinski definition) is 5. The fraction of sp³-hybridized carbons (Fsp3) is 0.500. The average Bonchev–Trinajstić information content (AvgIpc) is 2.38. The Morgan fingerprint density at radius 1 is 1.21 bits per heavy atom. The van der Waals surface area contributed by atoms with Crippen LogP contribution in [0.3, 0.4) is 0 Å². The summed E-state index contributed by atoms with van der Waals surface area (Å²) < 4.78 is 28.4. The molecule has 1 amide bonds. The first-order valence-electron chi connectivity index (χ1n) is 7.39. The van der Waals surface area contributed by atoms with Gasteiger partial charge in [0.2, 0.25) is 10.0 Å². The molecule has 134 valence electrons. The van der Waals surface area contributed by atoms with Crippen LogP contribution in [-0.4, -0.2) is 31.9 Å². The predicted molar refractivity (Wildman–Crippen MR) is 90.1 cm³/mol. The maximum absolute atomic E-state index is 12.2. The monoisotopic (exact) mass is 356 g/mol. The van der Waals surface area contributed by atoms with Gasteiger partial charge in [0.15, 0.2) is 6.10 Å². The molecule has 0 saturated heterocycles. The van der Waals surface area contributed by atoms with Gasteiger partial charge in [-0.15, -0.1) is 0 Å². The molecule has 1 atom stereocenters. The number of aryl methyl sites for hydroxylation is 1. The van der Waals surface area contributed by atoms with E-state index in [1.807, 2.05) is 0 Å². The van der Waals surface area contributed by atoms with E-state index in [0.29, 0.717) is 11.1 Å². The van der Waals surface area contributed by atoms with Gasteiger partial charge in [0.05, 0.1) is 10.5 Å². The van der Waals surface area contributed by atoms with Crippen molar-refractivity contribution in [3.63, 3.8) is 0 Å². The summed E-state index contributed by atoms with van der Waals surface area (Å²) in [6.45, 7) is 10.1. The Morgan fingerprint density at radius 2 is 1.75 bits per heavy atom. The molecule has 0 radical (unpaired) electrons. The van der Waals surface area contributed by atoms with Crippen molar-refractivity contribution in [2.45, 2.75) is 58.1 Å². The first-order valence-corrected chi connectivity index (χ1v) is 8.94. The van der Waals surface area contributed by atoms with Crippen molar-refractivity contribution in [1.29, 1.82) is 0 Å². The van der Waals surface area contributed by atoms with Crippen molar-refractivity contribution in [2.75, 3.05) is 0 Å². The van der Waals surface area contributed by atoms with Crippen LogP contribution in [0.5, 0.6) is 0 Å². The molecule has 1 aromatic carbocycles. The molecular weight excluding hydrogens is 332 g/mol. The Hall–Kier alpha value is -1.93. The number of esters is 1. The predicted octanol–water partition coefficient (Wildman–Crippen LogP) is 1.41. The number of carbonyl (C=O) groups is 2. The fourth-order valence-electron chi connectivity index (χ4n) is 1.99. The van der Waals surface area contributed by atoms with E-state index in [2.05, 4.69) is 5.32 Å². The summed E-state index contributed by atoms with van der Waals surface area (Å²) in [6.07, 6.45) is -1.02. The van der Waals surface area contributed by atoms with E-state index in [0.717, 1.165) is 6.07 Å². The number of hydrogen-bond donors (Lipinski definition) is 2. The molecule has 0 saturated carbocycles. The number of primary sulfonamides is 1. The molecular formula is C16H24N2O5S. The largest absolute Gasteiger partial charge is 0.449 e. The lowest BCUT2D eigenvalue weighted by atomic mass is 10.1. The number of sulfonamides is 1. The van der Waals surface area contributed by atoms with Crippen LogP contribution in [0.25, 0.3) is 0 Å². The summed E-state index contributed by atoms with van der Waals surface area (Å²) in [5.41, 5.74) is 0.615. The van der Waals surface area contributed by atoms with Crippen molar-refractivity contribution in [3.8, 4) is 0 Å². The van der Waals surface area contributed by atoms with Crippen molar-refractivity contribution >= 4 is 21.9 Å². The van der Waals surface area contributed by atoms with E-state index in [-0.39, 0.29) is 10.5 Å². The molecule has 0 aliphatic heterocycles. The lowest BCUT2D eigenvalue weighted by Gasteiger charge is -2.23. The molecule has 8 heteroatoms. The maximum atomic E-state index is 12.2. The van der Waals surface area contributed by atoms with E-state index >= 15 is 0 Å². The Balaban J connectivity index is 3.05. The van der Waals surface area contributed by atoms with E-state index in [9.17, 15) is 18.0 Å². The van der Waals surface area contributed by atoms with Gasteiger partial charge in [0.25, 0.3) is 5.91 Å². The first-order chi connectivity index (χ1) is 10.7. The Labute approximate surface area is 142 Å². The van der Waals surface area contributed by atoms with Gasteiger partial charge < -0.3 is 10.1 Å². The average molecular weight is 356 g/mol. The van der Waals surface area contributed by atoms with E-state index in [1.165, 1.54) is 13.0 Å². The minimum absolute atomic E-state index is 0.0255. The quantitative estimate of drug-likeness (QED) is 0.791. The molecule has 0 fully saturated rings. The molecule has 0 aromatic heterocycles. The van der Waals surface area contributed by atoms with Crippen LogP contribution in [-0.2, 0) is 19.6 Å². The maximum Gasteiger partial charge on any atom is 0.338 e. The lowest BCUT2D eigenvalue weighted by Crippen LogP contribution is -2.46. The summed E-state index contributed by atoms with van der Waals surface area (Å²) >= 11 is 0. The molecule has 1 aromatic rings. The zero-order chi connectivity index (χ0) is 18.9. The van der Waals surface area contributed by atoms with E-state index < -0.39 is 33.5 Å². The highest BCUT2D eigenvalue weighted by Crippen LogP contribution is 2.21. The highest BCUT2D eigenvalue weighted by molar-refractivity contribution is 7.89. The summed E-state index contributed by atoms with van der Waals surface area (Å²) in [5.74, 6) is -1.23. The van der Waals surface area contributed by atoms with Gasteiger partial charge in [-0.1, -0.05) is 0 Å². The third-order valence-corrected chi connectivity index (χ3v) is 4.35. The smallest absolute Gasteiger partial charge is 0.338 e. The highest BCUT2D eigenvalue weighted by Gasteiger charge is 2.24. The van der Waals surface area contributed by atoms with Crippen molar-refractivity contribution < 1.29 is 22.7 Å². The zero-order valence-electron chi connectivity index (χ0n) is 14.8. The van der Waals surface area contributed by atoms with E-state index in [1.54, 1.807) is 34.6 Å². The second-order valence-electron chi connectivity index (χ2n) is 6.75. The third kappa shape index (κ3) is 5.31. The van der Waals surface area contributed by atoms with Crippen LogP contribution in [0, 0.1) is 13.8 Å². The van der Waals surface area contributed by atoms with Gasteiger partial charge in [0.1, 0.15) is 0 Å². The molecule has 0 heterocycles. The molecule has 24 heavy (non-hydrogen) atoms. The Bertz CT molecular complexity index is 763. The zero-order valence-corrected chi connectivity index (χ0v) is 15.6. The second-order valence-corrected chi connectivity index (χ2v) is 8.28. The molecule has 7 nitrogen and oxygen atoms in total. The fourth-order valence-corrected chi connectivity index (χ4v) is 2.87. The number of benzene rings is 1. The summed E-state index contributed by atoms with van der Waals surface area (Å²) in [5, 5.41) is 7.87. The number of amides is 1. The van der Waals surface area contributed by atoms with Crippen LogP contribution in [0.2, 0.25) is 0 Å². The van der Waals surface area contributed by atoms with E-state index in [4.69, 9.17) is 9.88 Å². The Kier molecular flexibility index (Phi) is 5.78. The normalized spacial score (nSPS) is 13.3. The molecule has 0 spiro atoms. The standard InChI is InChI=1S/C16H24N2O5S/c1-9-7-12(8-13(10(9)2)24(17,21)22)15(20)23-11(3)14(19)18-16(4,5)6/h7-8,11H,1-6H3,(H,18,19)(H2,17,21,22)/t11-/m0/s1. The number of ether oxygens (including phenoxy) is 1. The minimum Gasteiger partial charge on any atom is -0.449 e. The number of nitrogens with one attached hydrogen (secondary N) is 1. The molecule has 0 aliphatic carbocycles. The molecule has 1 rings (SSSR count).